The van der Waals surface area contributed by atoms with Crippen LogP contribution in [0.25, 0.3) is 5.95 Å². The second-order valence-corrected chi connectivity index (χ2v) is 6.69. The highest BCUT2D eigenvalue weighted by molar-refractivity contribution is 5.95. The molecule has 0 saturated heterocycles. The smallest absolute Gasteiger partial charge is 0.318 e. The van der Waals surface area contributed by atoms with Crippen LogP contribution in [0.1, 0.15) is 40.3 Å². The number of carbonyl (C=O) groups is 1. The van der Waals surface area contributed by atoms with E-state index in [1.54, 1.807) is 6.07 Å². The zero-order valence-corrected chi connectivity index (χ0v) is 16.8. The molecule has 0 aliphatic rings. The predicted molar refractivity (Wildman–Crippen MR) is 102 cm³/mol. The summed E-state index contributed by atoms with van der Waals surface area (Å²) in [6, 6.07) is 1.17. The minimum atomic E-state index is -5.11. The summed E-state index contributed by atoms with van der Waals surface area (Å²) in [5.41, 5.74) is -4.06. The molecule has 1 aromatic carbocycles. The van der Waals surface area contributed by atoms with E-state index in [1.807, 2.05) is 0 Å². The second-order valence-electron chi connectivity index (χ2n) is 6.69. The molecule has 2 heterocycles. The summed E-state index contributed by atoms with van der Waals surface area (Å²) in [5, 5.41) is 3.97. The number of rotatable bonds is 5. The molecule has 0 radical (unpaired) electrons. The van der Waals surface area contributed by atoms with Crippen molar-refractivity contribution in [3.63, 3.8) is 0 Å². The van der Waals surface area contributed by atoms with Gasteiger partial charge in [0.15, 0.2) is 5.82 Å². The molecule has 7 nitrogen and oxygen atoms in total. The number of halogens is 6. The largest absolute Gasteiger partial charge is 0.416 e. The third-order valence-corrected chi connectivity index (χ3v) is 4.51. The first-order valence-electron chi connectivity index (χ1n) is 9.14. The van der Waals surface area contributed by atoms with Gasteiger partial charge in [-0.1, -0.05) is 5.92 Å². The van der Waals surface area contributed by atoms with E-state index in [0.29, 0.717) is 12.1 Å². The zero-order chi connectivity index (χ0) is 24.4. The fourth-order valence-corrected chi connectivity index (χ4v) is 2.96. The zero-order valence-electron chi connectivity index (χ0n) is 16.8. The molecular weight excluding hydrogens is 454 g/mol. The number of carbonyl (C=O) groups excluding carboxylic acids is 1. The number of hydrogen-bond acceptors (Lipinski definition) is 5. The number of aromatic nitrogens is 5. The van der Waals surface area contributed by atoms with Gasteiger partial charge < -0.3 is 4.90 Å². The predicted octanol–water partition coefficient (Wildman–Crippen LogP) is 3.93. The van der Waals surface area contributed by atoms with Crippen LogP contribution in [0.3, 0.4) is 0 Å². The van der Waals surface area contributed by atoms with Crippen LogP contribution >= 0.6 is 0 Å². The summed E-state index contributed by atoms with van der Waals surface area (Å²) in [4.78, 5) is 26.0. The molecule has 0 saturated carbocycles. The molecule has 0 aliphatic heterocycles. The first-order chi connectivity index (χ1) is 15.4. The SMILES string of the molecule is C#CCN(C(=O)c1cc(C(F)(F)F)cc(C(F)(F)F)c1)C(C)c1ncnn1-c1ncccn1. The van der Waals surface area contributed by atoms with Gasteiger partial charge in [0, 0.05) is 18.0 Å². The number of terminal acetylenes is 1. The Morgan fingerprint density at radius 1 is 1.06 bits per heavy atom. The van der Waals surface area contributed by atoms with E-state index in [4.69, 9.17) is 6.42 Å². The van der Waals surface area contributed by atoms with Crippen molar-refractivity contribution in [2.45, 2.75) is 25.3 Å². The molecule has 0 fully saturated rings. The molecule has 33 heavy (non-hydrogen) atoms. The Morgan fingerprint density at radius 2 is 1.64 bits per heavy atom. The maximum atomic E-state index is 13.2. The van der Waals surface area contributed by atoms with Gasteiger partial charge >= 0.3 is 12.4 Å². The van der Waals surface area contributed by atoms with Gasteiger partial charge in [-0.25, -0.2) is 15.0 Å². The van der Waals surface area contributed by atoms with Crippen molar-refractivity contribution in [3.05, 3.63) is 65.5 Å². The van der Waals surface area contributed by atoms with E-state index < -0.39 is 47.5 Å². The van der Waals surface area contributed by atoms with Crippen LogP contribution in [0.4, 0.5) is 26.3 Å². The van der Waals surface area contributed by atoms with Crippen LogP contribution in [0.5, 0.6) is 0 Å². The van der Waals surface area contributed by atoms with Crippen LogP contribution in [0, 0.1) is 12.3 Å². The lowest BCUT2D eigenvalue weighted by Gasteiger charge is -2.27. The summed E-state index contributed by atoms with van der Waals surface area (Å²) in [7, 11) is 0. The van der Waals surface area contributed by atoms with Gasteiger partial charge in [-0.05, 0) is 31.2 Å². The lowest BCUT2D eigenvalue weighted by molar-refractivity contribution is -0.143. The normalized spacial score (nSPS) is 12.8. The van der Waals surface area contributed by atoms with Crippen molar-refractivity contribution in [1.82, 2.24) is 29.6 Å². The molecule has 13 heteroatoms. The maximum absolute atomic E-state index is 13.2. The molecule has 0 spiro atoms. The van der Waals surface area contributed by atoms with Crippen molar-refractivity contribution >= 4 is 5.91 Å². The first-order valence-corrected chi connectivity index (χ1v) is 9.14. The highest BCUT2D eigenvalue weighted by atomic mass is 19.4. The fraction of sp³-hybridized carbons (Fsp3) is 0.250. The minimum Gasteiger partial charge on any atom is -0.318 e. The first kappa shape index (κ1) is 23.7. The second kappa shape index (κ2) is 8.89. The topological polar surface area (TPSA) is 76.8 Å². The van der Waals surface area contributed by atoms with Crippen molar-refractivity contribution in [3.8, 4) is 18.3 Å². The van der Waals surface area contributed by atoms with Gasteiger partial charge in [-0.15, -0.1) is 6.42 Å². The number of benzene rings is 1. The molecule has 0 N–H and O–H groups in total. The Bertz CT molecular complexity index is 1150. The van der Waals surface area contributed by atoms with Gasteiger partial charge in [0.1, 0.15) is 6.33 Å². The fourth-order valence-electron chi connectivity index (χ4n) is 2.96. The number of nitrogens with zero attached hydrogens (tertiary/aromatic N) is 6. The summed E-state index contributed by atoms with van der Waals surface area (Å²) in [5.74, 6) is 1.21. The molecule has 1 atom stereocenters. The van der Waals surface area contributed by atoms with E-state index in [2.05, 4.69) is 26.0 Å². The van der Waals surface area contributed by atoms with Crippen LogP contribution in [-0.2, 0) is 12.4 Å². The molecule has 1 unspecified atom stereocenters. The van der Waals surface area contributed by atoms with Crippen LogP contribution in [-0.4, -0.2) is 42.1 Å². The van der Waals surface area contributed by atoms with Crippen LogP contribution < -0.4 is 0 Å². The van der Waals surface area contributed by atoms with E-state index in [0.717, 1.165) is 11.2 Å². The van der Waals surface area contributed by atoms with Crippen LogP contribution in [0.2, 0.25) is 0 Å². The third-order valence-electron chi connectivity index (χ3n) is 4.51. The Hall–Kier alpha value is -3.95. The van der Waals surface area contributed by atoms with Crippen molar-refractivity contribution in [2.24, 2.45) is 0 Å². The average molecular weight is 468 g/mol. The monoisotopic (exact) mass is 468 g/mol. The molecule has 1 amide bonds. The van der Waals surface area contributed by atoms with E-state index in [1.165, 1.54) is 24.0 Å². The number of amides is 1. The lowest BCUT2D eigenvalue weighted by Crippen LogP contribution is -2.36. The van der Waals surface area contributed by atoms with E-state index >= 15 is 0 Å². The quantitative estimate of drug-likeness (QED) is 0.419. The van der Waals surface area contributed by atoms with Gasteiger partial charge in [-0.2, -0.15) is 36.1 Å². The van der Waals surface area contributed by atoms with Gasteiger partial charge in [0.2, 0.25) is 0 Å². The van der Waals surface area contributed by atoms with E-state index in [9.17, 15) is 31.1 Å². The van der Waals surface area contributed by atoms with E-state index in [-0.39, 0.29) is 17.8 Å². The molecule has 3 rings (SSSR count). The molecular formula is C20H14F6N6O. The number of alkyl halides is 6. The molecule has 172 valence electrons. The van der Waals surface area contributed by atoms with Crippen molar-refractivity contribution in [2.75, 3.05) is 6.54 Å². The van der Waals surface area contributed by atoms with Gasteiger partial charge in [-0.3, -0.25) is 4.79 Å². The minimum absolute atomic E-state index is 0.0604. The third kappa shape index (κ3) is 5.11. The Kier molecular flexibility index (Phi) is 6.39. The molecule has 0 bridgehead atoms. The Morgan fingerprint density at radius 3 is 2.15 bits per heavy atom. The standard InChI is InChI=1S/C20H14F6N6O/c1-3-7-31(12(2)16-29-11-30-32(16)18-27-5-4-6-28-18)17(33)13-8-14(19(21,22)23)10-15(9-13)20(24,25)26/h1,4-6,8-12H,7H2,2H3. The highest BCUT2D eigenvalue weighted by Crippen LogP contribution is 2.37. The highest BCUT2D eigenvalue weighted by Gasteiger charge is 2.38. The summed E-state index contributed by atoms with van der Waals surface area (Å²) >= 11 is 0. The molecule has 2 aromatic heterocycles. The Labute approximate surface area is 183 Å². The molecule has 0 aliphatic carbocycles. The van der Waals surface area contributed by atoms with Gasteiger partial charge in [0.05, 0.1) is 23.7 Å². The Balaban J connectivity index is 2.06. The summed E-state index contributed by atoms with van der Waals surface area (Å²) < 4.78 is 80.4. The maximum Gasteiger partial charge on any atom is 0.416 e. The number of hydrogen-bond donors (Lipinski definition) is 0. The van der Waals surface area contributed by atoms with Crippen molar-refractivity contribution in [1.29, 1.82) is 0 Å². The van der Waals surface area contributed by atoms with Crippen molar-refractivity contribution < 1.29 is 31.1 Å². The summed E-state index contributed by atoms with van der Waals surface area (Å²) in [6.45, 7) is 1.01. The molecule has 3 aromatic rings. The van der Waals surface area contributed by atoms with Gasteiger partial charge in [0.25, 0.3) is 11.9 Å². The lowest BCUT2D eigenvalue weighted by atomic mass is 10.0. The average Bonchev–Trinajstić information content (AvgIpc) is 3.25. The van der Waals surface area contributed by atoms with Crippen LogP contribution in [0.15, 0.2) is 43.0 Å². The summed E-state index contributed by atoms with van der Waals surface area (Å²) in [6.07, 6.45) is -0.929.